The third-order valence-electron chi connectivity index (χ3n) is 4.38. The number of ether oxygens (including phenoxy) is 1. The maximum Gasteiger partial charge on any atom is 0.387 e. The quantitative estimate of drug-likeness (QED) is 0.769. The van der Waals surface area contributed by atoms with Gasteiger partial charge in [0.2, 0.25) is 0 Å². The molecule has 1 aliphatic heterocycles. The van der Waals surface area contributed by atoms with E-state index in [1.54, 1.807) is 18.3 Å². The van der Waals surface area contributed by atoms with Gasteiger partial charge in [0, 0.05) is 37.4 Å². The molecule has 1 saturated heterocycles. The fraction of sp³-hybridized carbons (Fsp3) is 0.444. The second-order valence-corrected chi connectivity index (χ2v) is 6.25. The molecule has 1 atom stereocenters. The minimum absolute atomic E-state index is 0.238. The molecule has 1 unspecified atom stereocenters. The Morgan fingerprint density at radius 2 is 2.12 bits per heavy atom. The number of hydrogen-bond acceptors (Lipinski definition) is 5. The molecule has 1 aromatic carbocycles. The van der Waals surface area contributed by atoms with Gasteiger partial charge in [0.05, 0.1) is 0 Å². The first kappa shape index (κ1) is 17.5. The molecule has 0 aliphatic carbocycles. The smallest absolute Gasteiger partial charge is 0.387 e. The second-order valence-electron chi connectivity index (χ2n) is 6.25. The summed E-state index contributed by atoms with van der Waals surface area (Å²) < 4.78 is 29.7. The van der Waals surface area contributed by atoms with Gasteiger partial charge in [-0.3, -0.25) is 4.90 Å². The predicted molar refractivity (Wildman–Crippen MR) is 91.8 cm³/mol. The average molecular weight is 348 g/mol. The van der Waals surface area contributed by atoms with Crippen molar-refractivity contribution in [3.05, 3.63) is 48.2 Å². The van der Waals surface area contributed by atoms with Gasteiger partial charge in [-0.2, -0.15) is 13.9 Å². The Labute approximate surface area is 146 Å². The number of benzene rings is 1. The molecule has 1 aliphatic rings. The number of aromatic nitrogens is 2. The summed E-state index contributed by atoms with van der Waals surface area (Å²) in [5.74, 6) is 1.13. The Morgan fingerprint density at radius 1 is 1.28 bits per heavy atom. The van der Waals surface area contributed by atoms with Crippen LogP contribution >= 0.6 is 0 Å². The summed E-state index contributed by atoms with van der Waals surface area (Å²) in [6.07, 6.45) is 3.86. The molecule has 2 heterocycles. The molecule has 134 valence electrons. The highest BCUT2D eigenvalue weighted by atomic mass is 19.3. The topological polar surface area (TPSA) is 41.5 Å². The lowest BCUT2D eigenvalue weighted by Gasteiger charge is -2.29. The molecular formula is C18H22F2N4O. The largest absolute Gasteiger partial charge is 0.434 e. The van der Waals surface area contributed by atoms with E-state index in [0.717, 1.165) is 37.3 Å². The van der Waals surface area contributed by atoms with Crippen molar-refractivity contribution in [3.8, 4) is 5.75 Å². The van der Waals surface area contributed by atoms with E-state index in [-0.39, 0.29) is 5.75 Å². The van der Waals surface area contributed by atoms with Crippen LogP contribution in [-0.2, 0) is 6.54 Å². The number of para-hydroxylation sites is 1. The summed E-state index contributed by atoms with van der Waals surface area (Å²) in [5, 5.41) is 8.16. The van der Waals surface area contributed by atoms with Gasteiger partial charge < -0.3 is 9.64 Å². The van der Waals surface area contributed by atoms with E-state index in [1.165, 1.54) is 0 Å². The van der Waals surface area contributed by atoms with E-state index >= 15 is 0 Å². The second kappa shape index (κ2) is 8.20. The zero-order valence-electron chi connectivity index (χ0n) is 14.2. The maximum atomic E-state index is 12.5. The number of rotatable bonds is 7. The molecule has 0 amide bonds. The van der Waals surface area contributed by atoms with Crippen molar-refractivity contribution in [1.82, 2.24) is 15.1 Å². The summed E-state index contributed by atoms with van der Waals surface area (Å²) >= 11 is 0. The van der Waals surface area contributed by atoms with Gasteiger partial charge in [-0.1, -0.05) is 18.2 Å². The number of hydrogen-bond donors (Lipinski definition) is 0. The summed E-state index contributed by atoms with van der Waals surface area (Å²) in [6, 6.07) is 11.1. The predicted octanol–water partition coefficient (Wildman–Crippen LogP) is 3.18. The number of halogens is 2. The van der Waals surface area contributed by atoms with Crippen molar-refractivity contribution in [2.45, 2.75) is 32.0 Å². The first-order chi connectivity index (χ1) is 12.1. The van der Waals surface area contributed by atoms with Crippen molar-refractivity contribution in [3.63, 3.8) is 0 Å². The third-order valence-corrected chi connectivity index (χ3v) is 4.38. The highest BCUT2D eigenvalue weighted by Crippen LogP contribution is 2.25. The standard InChI is InChI=1S/C18H22F2N4O/c1-23(12-14-6-2-3-8-16(14)25-18(19)20)13-15-7-5-11-24(15)17-9-4-10-21-22-17/h2-4,6,8-10,15,18H,5,7,11-13H2,1H3. The van der Waals surface area contributed by atoms with Crippen LogP contribution in [0.5, 0.6) is 5.75 Å². The lowest BCUT2D eigenvalue weighted by molar-refractivity contribution is -0.0507. The van der Waals surface area contributed by atoms with Crippen LogP contribution in [0.3, 0.4) is 0 Å². The van der Waals surface area contributed by atoms with Crippen molar-refractivity contribution >= 4 is 5.82 Å². The molecule has 0 radical (unpaired) electrons. The number of alkyl halides is 2. The molecule has 3 rings (SSSR count). The zero-order valence-corrected chi connectivity index (χ0v) is 14.2. The fourth-order valence-electron chi connectivity index (χ4n) is 3.33. The van der Waals surface area contributed by atoms with Gasteiger partial charge in [0.15, 0.2) is 5.82 Å². The Hall–Kier alpha value is -2.28. The Morgan fingerprint density at radius 3 is 2.88 bits per heavy atom. The number of nitrogens with zero attached hydrogens (tertiary/aromatic N) is 4. The van der Waals surface area contributed by atoms with Gasteiger partial charge >= 0.3 is 6.61 Å². The summed E-state index contributed by atoms with van der Waals surface area (Å²) in [6.45, 7) is -0.483. The number of likely N-dealkylation sites (N-methyl/N-ethyl adjacent to an activating group) is 1. The van der Waals surface area contributed by atoms with E-state index in [9.17, 15) is 8.78 Å². The lowest BCUT2D eigenvalue weighted by Crippen LogP contribution is -2.39. The molecule has 25 heavy (non-hydrogen) atoms. The van der Waals surface area contributed by atoms with Crippen molar-refractivity contribution in [2.24, 2.45) is 0 Å². The average Bonchev–Trinajstić information content (AvgIpc) is 3.05. The molecule has 5 nitrogen and oxygen atoms in total. The van der Waals surface area contributed by atoms with E-state index in [0.29, 0.717) is 12.6 Å². The van der Waals surface area contributed by atoms with Crippen LogP contribution in [0.1, 0.15) is 18.4 Å². The van der Waals surface area contributed by atoms with Crippen LogP contribution in [0.4, 0.5) is 14.6 Å². The van der Waals surface area contributed by atoms with Crippen LogP contribution in [-0.4, -0.2) is 47.9 Å². The van der Waals surface area contributed by atoms with Crippen molar-refractivity contribution < 1.29 is 13.5 Å². The maximum absolute atomic E-state index is 12.5. The van der Waals surface area contributed by atoms with Crippen molar-refractivity contribution in [1.29, 1.82) is 0 Å². The van der Waals surface area contributed by atoms with Crippen LogP contribution in [0.2, 0.25) is 0 Å². The number of anilines is 1. The first-order valence-corrected chi connectivity index (χ1v) is 8.39. The molecule has 0 N–H and O–H groups in total. The van der Waals surface area contributed by atoms with Crippen LogP contribution in [0.15, 0.2) is 42.6 Å². The Kier molecular flexibility index (Phi) is 5.75. The molecular weight excluding hydrogens is 326 g/mol. The van der Waals surface area contributed by atoms with Crippen LogP contribution < -0.4 is 9.64 Å². The molecule has 2 aromatic rings. The van der Waals surface area contributed by atoms with Gasteiger partial charge in [-0.15, -0.1) is 5.10 Å². The van der Waals surface area contributed by atoms with E-state index in [4.69, 9.17) is 0 Å². The molecule has 0 spiro atoms. The van der Waals surface area contributed by atoms with Crippen LogP contribution in [0, 0.1) is 0 Å². The van der Waals surface area contributed by atoms with Crippen molar-refractivity contribution in [2.75, 3.05) is 25.0 Å². The summed E-state index contributed by atoms with van der Waals surface area (Å²) in [5.41, 5.74) is 0.759. The highest BCUT2D eigenvalue weighted by molar-refractivity contribution is 5.39. The van der Waals surface area contributed by atoms with Gasteiger partial charge in [0.25, 0.3) is 0 Å². The third kappa shape index (κ3) is 4.63. The molecule has 1 aromatic heterocycles. The van der Waals surface area contributed by atoms with E-state index in [2.05, 4.69) is 24.7 Å². The van der Waals surface area contributed by atoms with Crippen LogP contribution in [0.25, 0.3) is 0 Å². The summed E-state index contributed by atoms with van der Waals surface area (Å²) in [4.78, 5) is 4.40. The minimum Gasteiger partial charge on any atom is -0.434 e. The first-order valence-electron chi connectivity index (χ1n) is 8.39. The molecule has 7 heteroatoms. The monoisotopic (exact) mass is 348 g/mol. The van der Waals surface area contributed by atoms with Gasteiger partial charge in [-0.05, 0) is 38.1 Å². The lowest BCUT2D eigenvalue weighted by atomic mass is 10.1. The molecule has 0 bridgehead atoms. The minimum atomic E-state index is -2.81. The normalized spacial score (nSPS) is 17.5. The Bertz CT molecular complexity index is 671. The molecule has 0 saturated carbocycles. The highest BCUT2D eigenvalue weighted by Gasteiger charge is 2.27. The molecule has 1 fully saturated rings. The zero-order chi connectivity index (χ0) is 17.6. The summed E-state index contributed by atoms with van der Waals surface area (Å²) in [7, 11) is 1.99. The van der Waals surface area contributed by atoms with E-state index < -0.39 is 6.61 Å². The van der Waals surface area contributed by atoms with Gasteiger partial charge in [-0.25, -0.2) is 0 Å². The Balaban J connectivity index is 1.64. The fourth-order valence-corrected chi connectivity index (χ4v) is 3.33. The SMILES string of the molecule is CN(Cc1ccccc1OC(F)F)CC1CCCN1c1cccnn1. The van der Waals surface area contributed by atoms with E-state index in [1.807, 2.05) is 31.3 Å². The van der Waals surface area contributed by atoms with Gasteiger partial charge in [0.1, 0.15) is 5.75 Å².